The van der Waals surface area contributed by atoms with Gasteiger partial charge in [0.15, 0.2) is 0 Å². The first-order chi connectivity index (χ1) is 12.2. The number of halogens is 2. The van der Waals surface area contributed by atoms with Crippen LogP contribution < -0.4 is 10.1 Å². The van der Waals surface area contributed by atoms with E-state index in [2.05, 4.69) is 15.2 Å². The molecule has 4 rings (SSSR count). The van der Waals surface area contributed by atoms with Gasteiger partial charge in [-0.1, -0.05) is 17.7 Å². The van der Waals surface area contributed by atoms with Crippen LogP contribution in [0.1, 0.15) is 24.0 Å². The maximum atomic E-state index is 6.25. The van der Waals surface area contributed by atoms with E-state index in [-0.39, 0.29) is 12.4 Å². The fourth-order valence-electron chi connectivity index (χ4n) is 4.00. The van der Waals surface area contributed by atoms with Crippen molar-refractivity contribution in [1.29, 1.82) is 0 Å². The Morgan fingerprint density at radius 3 is 2.96 bits per heavy atom. The van der Waals surface area contributed by atoms with E-state index in [9.17, 15) is 0 Å². The molecule has 1 N–H and O–H groups in total. The van der Waals surface area contributed by atoms with Crippen molar-refractivity contribution in [1.82, 2.24) is 15.2 Å². The normalized spacial score (nSPS) is 22.5. The molecule has 2 aliphatic rings. The highest BCUT2D eigenvalue weighted by Crippen LogP contribution is 2.37. The molecule has 1 unspecified atom stereocenters. The lowest BCUT2D eigenvalue weighted by Gasteiger charge is -2.23. The molecule has 1 aromatic heterocycles. The Bertz CT molecular complexity index is 720. The summed E-state index contributed by atoms with van der Waals surface area (Å²) in [6.07, 6.45) is 6.20. The summed E-state index contributed by atoms with van der Waals surface area (Å²) in [4.78, 5) is 6.68. The molecular formula is C20H25Cl2N3O. The molecule has 2 aliphatic heterocycles. The predicted octanol–water partition coefficient (Wildman–Crippen LogP) is 3.92. The second kappa shape index (κ2) is 8.57. The fraction of sp³-hybridized carbons (Fsp3) is 0.450. The number of likely N-dealkylation sites (tertiary alicyclic amines) is 1. The SMILES string of the molecule is Cl.Clc1ccc(OCc2cccnc2)c(CN2CCC3(CCNC3)C2)c1. The van der Waals surface area contributed by atoms with Crippen molar-refractivity contribution in [2.45, 2.75) is 26.0 Å². The minimum absolute atomic E-state index is 0. The highest BCUT2D eigenvalue weighted by atomic mass is 35.5. The Balaban J connectivity index is 0.00000196. The first kappa shape index (κ1) is 19.4. The number of pyridine rings is 1. The molecule has 0 radical (unpaired) electrons. The number of hydrogen-bond acceptors (Lipinski definition) is 4. The molecule has 26 heavy (non-hydrogen) atoms. The van der Waals surface area contributed by atoms with Crippen molar-refractivity contribution in [3.63, 3.8) is 0 Å². The number of nitrogens with one attached hydrogen (secondary N) is 1. The first-order valence-corrected chi connectivity index (χ1v) is 9.34. The summed E-state index contributed by atoms with van der Waals surface area (Å²) in [5.74, 6) is 0.916. The van der Waals surface area contributed by atoms with Gasteiger partial charge < -0.3 is 10.1 Å². The summed E-state index contributed by atoms with van der Waals surface area (Å²) in [6.45, 7) is 6.04. The van der Waals surface area contributed by atoms with Crippen molar-refractivity contribution in [2.24, 2.45) is 5.41 Å². The van der Waals surface area contributed by atoms with Gasteiger partial charge in [-0.3, -0.25) is 9.88 Å². The molecule has 2 aromatic rings. The van der Waals surface area contributed by atoms with Crippen molar-refractivity contribution in [3.05, 3.63) is 58.9 Å². The average molecular weight is 394 g/mol. The third kappa shape index (κ3) is 4.49. The Labute approximate surface area is 166 Å². The first-order valence-electron chi connectivity index (χ1n) is 8.96. The van der Waals surface area contributed by atoms with Crippen LogP contribution in [0.2, 0.25) is 5.02 Å². The van der Waals surface area contributed by atoms with Crippen LogP contribution in [-0.4, -0.2) is 36.1 Å². The van der Waals surface area contributed by atoms with Gasteiger partial charge in [0.2, 0.25) is 0 Å². The zero-order valence-electron chi connectivity index (χ0n) is 14.8. The van der Waals surface area contributed by atoms with Gasteiger partial charge in [0, 0.05) is 48.2 Å². The molecule has 6 heteroatoms. The Morgan fingerprint density at radius 2 is 2.19 bits per heavy atom. The number of nitrogens with zero attached hydrogens (tertiary/aromatic N) is 2. The van der Waals surface area contributed by atoms with Gasteiger partial charge in [-0.15, -0.1) is 12.4 Å². The smallest absolute Gasteiger partial charge is 0.124 e. The molecule has 4 nitrogen and oxygen atoms in total. The highest BCUT2D eigenvalue weighted by molar-refractivity contribution is 6.30. The molecule has 1 aromatic carbocycles. The van der Waals surface area contributed by atoms with E-state index in [0.29, 0.717) is 12.0 Å². The van der Waals surface area contributed by atoms with Gasteiger partial charge in [-0.25, -0.2) is 0 Å². The third-order valence-electron chi connectivity index (χ3n) is 5.38. The molecule has 140 valence electrons. The summed E-state index contributed by atoms with van der Waals surface area (Å²) in [5.41, 5.74) is 2.72. The molecule has 2 saturated heterocycles. The molecule has 3 heterocycles. The van der Waals surface area contributed by atoms with Crippen LogP contribution in [0.3, 0.4) is 0 Å². The lowest BCUT2D eigenvalue weighted by molar-refractivity contribution is 0.258. The largest absolute Gasteiger partial charge is 0.489 e. The zero-order chi connectivity index (χ0) is 17.1. The van der Waals surface area contributed by atoms with E-state index in [0.717, 1.165) is 49.1 Å². The number of rotatable bonds is 5. The Morgan fingerprint density at radius 1 is 1.27 bits per heavy atom. The summed E-state index contributed by atoms with van der Waals surface area (Å²) in [5, 5.41) is 4.28. The minimum Gasteiger partial charge on any atom is -0.489 e. The highest BCUT2D eigenvalue weighted by Gasteiger charge is 2.40. The molecule has 0 amide bonds. The lowest BCUT2D eigenvalue weighted by atomic mass is 9.86. The maximum Gasteiger partial charge on any atom is 0.124 e. The number of hydrogen-bond donors (Lipinski definition) is 1. The van der Waals surface area contributed by atoms with E-state index >= 15 is 0 Å². The molecule has 0 bridgehead atoms. The molecule has 0 saturated carbocycles. The van der Waals surface area contributed by atoms with E-state index < -0.39 is 0 Å². The van der Waals surface area contributed by atoms with E-state index in [1.165, 1.54) is 18.4 Å². The van der Waals surface area contributed by atoms with Crippen LogP contribution >= 0.6 is 24.0 Å². The van der Waals surface area contributed by atoms with Gasteiger partial charge in [-0.2, -0.15) is 0 Å². The van der Waals surface area contributed by atoms with Crippen molar-refractivity contribution < 1.29 is 4.74 Å². The van der Waals surface area contributed by atoms with Gasteiger partial charge >= 0.3 is 0 Å². The standard InChI is InChI=1S/C20H24ClN3O.ClH/c21-18-3-4-19(25-13-16-2-1-7-22-11-16)17(10-18)12-24-9-6-20(15-24)5-8-23-14-20;/h1-4,7,10-11,23H,5-6,8-9,12-15H2;1H. The zero-order valence-corrected chi connectivity index (χ0v) is 16.4. The third-order valence-corrected chi connectivity index (χ3v) is 5.62. The maximum absolute atomic E-state index is 6.25. The monoisotopic (exact) mass is 393 g/mol. The molecule has 0 aliphatic carbocycles. The Kier molecular flexibility index (Phi) is 6.41. The number of benzene rings is 1. The van der Waals surface area contributed by atoms with Crippen molar-refractivity contribution >= 4 is 24.0 Å². The molecule has 1 spiro atoms. The van der Waals surface area contributed by atoms with Gasteiger partial charge in [0.1, 0.15) is 12.4 Å². The number of ether oxygens (including phenoxy) is 1. The number of aromatic nitrogens is 1. The van der Waals surface area contributed by atoms with Crippen LogP contribution in [-0.2, 0) is 13.2 Å². The van der Waals surface area contributed by atoms with Crippen LogP contribution in [0.25, 0.3) is 0 Å². The lowest BCUT2D eigenvalue weighted by Crippen LogP contribution is -2.29. The minimum atomic E-state index is 0. The summed E-state index contributed by atoms with van der Waals surface area (Å²) in [6, 6.07) is 9.88. The second-order valence-electron chi connectivity index (χ2n) is 7.29. The summed E-state index contributed by atoms with van der Waals surface area (Å²) in [7, 11) is 0. The summed E-state index contributed by atoms with van der Waals surface area (Å²) < 4.78 is 6.07. The molecule has 2 fully saturated rings. The predicted molar refractivity (Wildman–Crippen MR) is 107 cm³/mol. The fourth-order valence-corrected chi connectivity index (χ4v) is 4.20. The van der Waals surface area contributed by atoms with Gasteiger partial charge in [0.05, 0.1) is 0 Å². The van der Waals surface area contributed by atoms with Crippen molar-refractivity contribution in [2.75, 3.05) is 26.2 Å². The van der Waals surface area contributed by atoms with Crippen LogP contribution in [0.15, 0.2) is 42.7 Å². The quantitative estimate of drug-likeness (QED) is 0.834. The van der Waals surface area contributed by atoms with Crippen LogP contribution in [0, 0.1) is 5.41 Å². The summed E-state index contributed by atoms with van der Waals surface area (Å²) >= 11 is 6.25. The van der Waals surface area contributed by atoms with Crippen LogP contribution in [0.4, 0.5) is 0 Å². The molecule has 1 atom stereocenters. The van der Waals surface area contributed by atoms with Crippen LogP contribution in [0.5, 0.6) is 5.75 Å². The van der Waals surface area contributed by atoms with E-state index in [1.54, 1.807) is 6.20 Å². The van der Waals surface area contributed by atoms with E-state index in [1.807, 2.05) is 36.5 Å². The van der Waals surface area contributed by atoms with Crippen molar-refractivity contribution in [3.8, 4) is 5.75 Å². The van der Waals surface area contributed by atoms with Gasteiger partial charge in [0.25, 0.3) is 0 Å². The van der Waals surface area contributed by atoms with Gasteiger partial charge in [-0.05, 0) is 55.6 Å². The molecular weight excluding hydrogens is 369 g/mol. The topological polar surface area (TPSA) is 37.4 Å². The van der Waals surface area contributed by atoms with E-state index in [4.69, 9.17) is 16.3 Å². The average Bonchev–Trinajstić information content (AvgIpc) is 3.25. The second-order valence-corrected chi connectivity index (χ2v) is 7.73. The Hall–Kier alpha value is -1.33.